The van der Waals surface area contributed by atoms with E-state index in [-0.39, 0.29) is 5.91 Å². The molecule has 1 amide bonds. The number of nitrogens with zero attached hydrogens (tertiary/aromatic N) is 1. The molecule has 0 saturated heterocycles. The van der Waals surface area contributed by atoms with Gasteiger partial charge in [-0.25, -0.2) is 10.9 Å². The van der Waals surface area contributed by atoms with E-state index in [0.29, 0.717) is 5.69 Å². The normalized spacial score (nSPS) is 9.21. The van der Waals surface area contributed by atoms with Gasteiger partial charge in [-0.1, -0.05) is 31.4 Å². The van der Waals surface area contributed by atoms with Crippen molar-refractivity contribution < 1.29 is 4.79 Å². The molecule has 0 spiro atoms. The van der Waals surface area contributed by atoms with E-state index in [0.717, 1.165) is 10.6 Å². The first-order chi connectivity index (χ1) is 6.69. The van der Waals surface area contributed by atoms with Crippen molar-refractivity contribution in [2.45, 2.75) is 0 Å². The van der Waals surface area contributed by atoms with Gasteiger partial charge in [-0.3, -0.25) is 4.79 Å². The molecule has 0 aromatic heterocycles. The van der Waals surface area contributed by atoms with Crippen molar-refractivity contribution >= 4 is 17.7 Å². The van der Waals surface area contributed by atoms with Crippen molar-refractivity contribution in [1.29, 1.82) is 0 Å². The summed E-state index contributed by atoms with van der Waals surface area (Å²) in [7, 11) is 0. The topological polar surface area (TPSA) is 46.3 Å². The molecule has 2 N–H and O–H groups in total. The molecule has 14 heavy (non-hydrogen) atoms. The molecule has 0 saturated carbocycles. The molecule has 0 fully saturated rings. The molecule has 0 heterocycles. The average Bonchev–Trinajstić information content (AvgIpc) is 2.27. The van der Waals surface area contributed by atoms with Crippen LogP contribution in [0, 0.1) is 0 Å². The van der Waals surface area contributed by atoms with Gasteiger partial charge in [0.05, 0.1) is 5.69 Å². The molecule has 3 nitrogen and oxygen atoms in total. The zero-order valence-electron chi connectivity index (χ0n) is 7.81. The smallest absolute Gasteiger partial charge is 0.264 e. The lowest BCUT2D eigenvalue weighted by Gasteiger charge is -2.14. The number of carbonyl (C=O) groups is 1. The number of hydrogen-bond acceptors (Lipinski definition) is 2. The van der Waals surface area contributed by atoms with Crippen LogP contribution in [0.4, 0.5) is 5.69 Å². The highest BCUT2D eigenvalue weighted by atomic mass is 16.2. The molecule has 0 radical (unpaired) electrons. The second-order valence-corrected chi connectivity index (χ2v) is 2.71. The lowest BCUT2D eigenvalue weighted by atomic mass is 10.2. The van der Waals surface area contributed by atoms with Crippen LogP contribution < -0.4 is 10.9 Å². The summed E-state index contributed by atoms with van der Waals surface area (Å²) in [5, 5.41) is 1.04. The molecular weight excluding hydrogens is 176 g/mol. The van der Waals surface area contributed by atoms with Crippen LogP contribution in [0.2, 0.25) is 0 Å². The molecule has 0 atom stereocenters. The average molecular weight is 188 g/mol. The van der Waals surface area contributed by atoms with Gasteiger partial charge in [0.15, 0.2) is 0 Å². The maximum atomic E-state index is 11.2. The highest BCUT2D eigenvalue weighted by Gasteiger charge is 2.06. The summed E-state index contributed by atoms with van der Waals surface area (Å²) in [4.78, 5) is 11.2. The Balaban J connectivity index is 3.00. The van der Waals surface area contributed by atoms with Crippen molar-refractivity contribution in [3.8, 4) is 0 Å². The van der Waals surface area contributed by atoms with Crippen LogP contribution in [0.1, 0.15) is 5.56 Å². The molecule has 1 aromatic carbocycles. The molecule has 0 aliphatic heterocycles. The lowest BCUT2D eigenvalue weighted by Crippen LogP contribution is -2.35. The fraction of sp³-hybridized carbons (Fsp3) is 0. The molecule has 1 rings (SSSR count). The third-order valence-corrected chi connectivity index (χ3v) is 1.80. The lowest BCUT2D eigenvalue weighted by molar-refractivity contribution is -0.114. The fourth-order valence-electron chi connectivity index (χ4n) is 1.03. The van der Waals surface area contributed by atoms with Crippen LogP contribution in [0.15, 0.2) is 43.5 Å². The Morgan fingerprint density at radius 2 is 2.14 bits per heavy atom. The second-order valence-electron chi connectivity index (χ2n) is 2.71. The summed E-state index contributed by atoms with van der Waals surface area (Å²) in [5.41, 5.74) is 1.53. The number of carbonyl (C=O) groups excluding carboxylic acids is 1. The minimum atomic E-state index is -0.341. The molecular formula is C11H12N2O. The van der Waals surface area contributed by atoms with E-state index in [4.69, 9.17) is 5.84 Å². The number of hydrazine groups is 1. The Bertz CT molecular complexity index is 371. The minimum absolute atomic E-state index is 0.341. The zero-order chi connectivity index (χ0) is 10.6. The first kappa shape index (κ1) is 10.2. The van der Waals surface area contributed by atoms with E-state index < -0.39 is 0 Å². The molecule has 0 bridgehead atoms. The molecule has 3 heteroatoms. The van der Waals surface area contributed by atoms with Crippen LogP contribution in [0.25, 0.3) is 6.08 Å². The number of rotatable bonds is 3. The van der Waals surface area contributed by atoms with Gasteiger partial charge in [-0.05, 0) is 23.8 Å². The summed E-state index contributed by atoms with van der Waals surface area (Å²) in [6.45, 7) is 6.99. The highest BCUT2D eigenvalue weighted by Crippen LogP contribution is 2.14. The Hall–Kier alpha value is -1.87. The van der Waals surface area contributed by atoms with E-state index in [9.17, 15) is 4.79 Å². The summed E-state index contributed by atoms with van der Waals surface area (Å²) in [6.07, 6.45) is 2.86. The number of nitrogens with two attached hydrogens (primary N) is 1. The van der Waals surface area contributed by atoms with E-state index >= 15 is 0 Å². The molecule has 1 aromatic rings. The van der Waals surface area contributed by atoms with E-state index in [1.54, 1.807) is 18.2 Å². The van der Waals surface area contributed by atoms with Gasteiger partial charge in [0, 0.05) is 0 Å². The molecule has 0 aliphatic carbocycles. The van der Waals surface area contributed by atoms with Crippen molar-refractivity contribution in [2.75, 3.05) is 5.01 Å². The number of benzene rings is 1. The molecule has 0 aliphatic rings. The van der Waals surface area contributed by atoms with Crippen molar-refractivity contribution in [2.24, 2.45) is 5.84 Å². The summed E-state index contributed by atoms with van der Waals surface area (Å²) in [6, 6.07) is 7.20. The van der Waals surface area contributed by atoms with Crippen molar-refractivity contribution in [3.05, 3.63) is 49.1 Å². The first-order valence-corrected chi connectivity index (χ1v) is 4.12. The van der Waals surface area contributed by atoms with Gasteiger partial charge in [0.1, 0.15) is 0 Å². The largest absolute Gasteiger partial charge is 0.268 e. The minimum Gasteiger partial charge on any atom is -0.268 e. The van der Waals surface area contributed by atoms with Crippen LogP contribution in [0.3, 0.4) is 0 Å². The summed E-state index contributed by atoms with van der Waals surface area (Å²) < 4.78 is 0. The SMILES string of the molecule is C=CC(=O)N(N)c1cccc(C=C)c1. The van der Waals surface area contributed by atoms with Crippen LogP contribution >= 0.6 is 0 Å². The maximum Gasteiger partial charge on any atom is 0.264 e. The number of amides is 1. The predicted molar refractivity (Wildman–Crippen MR) is 58.4 cm³/mol. The summed E-state index contributed by atoms with van der Waals surface area (Å²) in [5.74, 6) is 5.21. The fourth-order valence-corrected chi connectivity index (χ4v) is 1.03. The van der Waals surface area contributed by atoms with Crippen LogP contribution in [0.5, 0.6) is 0 Å². The van der Waals surface area contributed by atoms with Gasteiger partial charge in [0.2, 0.25) is 0 Å². The Morgan fingerprint density at radius 3 is 2.71 bits per heavy atom. The van der Waals surface area contributed by atoms with Crippen LogP contribution in [-0.2, 0) is 4.79 Å². The van der Waals surface area contributed by atoms with E-state index in [1.807, 2.05) is 12.1 Å². The Morgan fingerprint density at radius 1 is 1.43 bits per heavy atom. The standard InChI is InChI=1S/C11H12N2O/c1-3-9-6-5-7-10(8-9)13(12)11(14)4-2/h3-8H,1-2,12H2. The predicted octanol–water partition coefficient (Wildman–Crippen LogP) is 1.72. The van der Waals surface area contributed by atoms with Crippen LogP contribution in [-0.4, -0.2) is 5.91 Å². The third kappa shape index (κ3) is 2.08. The Labute approximate surface area is 83.1 Å². The second kappa shape index (κ2) is 4.39. The summed E-state index contributed by atoms with van der Waals surface area (Å²) >= 11 is 0. The Kier molecular flexibility index (Phi) is 3.20. The molecule has 0 unspecified atom stereocenters. The zero-order valence-corrected chi connectivity index (χ0v) is 7.81. The number of anilines is 1. The van der Waals surface area contributed by atoms with E-state index in [2.05, 4.69) is 13.2 Å². The quantitative estimate of drug-likeness (QED) is 0.340. The van der Waals surface area contributed by atoms with Gasteiger partial charge in [0.25, 0.3) is 5.91 Å². The maximum absolute atomic E-state index is 11.2. The van der Waals surface area contributed by atoms with E-state index in [1.165, 1.54) is 6.08 Å². The van der Waals surface area contributed by atoms with Gasteiger partial charge in [-0.2, -0.15) is 0 Å². The first-order valence-electron chi connectivity index (χ1n) is 4.12. The highest BCUT2D eigenvalue weighted by molar-refractivity contribution is 6.00. The van der Waals surface area contributed by atoms with Crippen molar-refractivity contribution in [1.82, 2.24) is 0 Å². The van der Waals surface area contributed by atoms with Gasteiger partial charge < -0.3 is 0 Å². The molecule has 72 valence electrons. The third-order valence-electron chi connectivity index (χ3n) is 1.80. The number of hydrogen-bond donors (Lipinski definition) is 1. The monoisotopic (exact) mass is 188 g/mol. The van der Waals surface area contributed by atoms with Gasteiger partial charge in [-0.15, -0.1) is 0 Å². The van der Waals surface area contributed by atoms with Gasteiger partial charge >= 0.3 is 0 Å². The van der Waals surface area contributed by atoms with Crippen molar-refractivity contribution in [3.63, 3.8) is 0 Å².